The Labute approximate surface area is 237 Å². The highest BCUT2D eigenvalue weighted by atomic mass is 16.4. The molecule has 3 aromatic rings. The summed E-state index contributed by atoms with van der Waals surface area (Å²) in [5.74, 6) is -2.76. The number of imidazole rings is 1. The molecule has 4 atom stereocenters. The maximum atomic E-state index is 13.5. The number of amides is 3. The number of carbonyl (C=O) groups excluding carboxylic acids is 3. The molecule has 1 fully saturated rings. The zero-order chi connectivity index (χ0) is 29.4. The number of likely N-dealkylation sites (tertiary alicyclic amines) is 1. The van der Waals surface area contributed by atoms with Gasteiger partial charge in [-0.3, -0.25) is 14.4 Å². The van der Waals surface area contributed by atoms with E-state index in [9.17, 15) is 29.4 Å². The summed E-state index contributed by atoms with van der Waals surface area (Å²) in [6, 6.07) is 11.0. The Bertz CT molecular complexity index is 1330. The summed E-state index contributed by atoms with van der Waals surface area (Å²) in [6.07, 6.45) is 4.38. The fourth-order valence-corrected chi connectivity index (χ4v) is 4.90. The van der Waals surface area contributed by atoms with E-state index in [-0.39, 0.29) is 30.9 Å². The number of aromatic nitrogens is 2. The summed E-state index contributed by atoms with van der Waals surface area (Å²) in [6.45, 7) is 0.348. The molecule has 0 aliphatic carbocycles. The van der Waals surface area contributed by atoms with Gasteiger partial charge in [-0.25, -0.2) is 9.78 Å². The molecule has 2 aromatic carbocycles. The van der Waals surface area contributed by atoms with Crippen LogP contribution in [0.4, 0.5) is 0 Å². The van der Waals surface area contributed by atoms with Crippen LogP contribution in [0.3, 0.4) is 0 Å². The highest BCUT2D eigenvalue weighted by Gasteiger charge is 2.38. The van der Waals surface area contributed by atoms with Gasteiger partial charge in [0.1, 0.15) is 23.9 Å². The molecule has 4 rings (SSSR count). The summed E-state index contributed by atoms with van der Waals surface area (Å²) >= 11 is 0. The average molecular weight is 563 g/mol. The molecule has 3 amide bonds. The van der Waals surface area contributed by atoms with Crippen LogP contribution in [0, 0.1) is 0 Å². The van der Waals surface area contributed by atoms with Gasteiger partial charge in [-0.15, -0.1) is 0 Å². The molecule has 2 heterocycles. The number of nitrogens with one attached hydrogen (secondary N) is 3. The number of carboxylic acids is 1. The van der Waals surface area contributed by atoms with Crippen molar-refractivity contribution in [3.8, 4) is 5.75 Å². The Morgan fingerprint density at radius 1 is 0.976 bits per heavy atom. The third-order valence-corrected chi connectivity index (χ3v) is 7.06. The van der Waals surface area contributed by atoms with Gasteiger partial charge in [0.25, 0.3) is 0 Å². The molecule has 216 valence electrons. The highest BCUT2D eigenvalue weighted by Crippen LogP contribution is 2.20. The molecule has 41 heavy (non-hydrogen) atoms. The molecule has 12 nitrogen and oxygen atoms in total. The number of benzene rings is 2. The SMILES string of the molecule is NC(Cc1cnc[nH]1)C(=O)N1CCCC1C(=O)NC(Cc1ccc(O)cc1)C(=O)NC(Cc1ccccc1)C(=O)O. The Morgan fingerprint density at radius 2 is 1.66 bits per heavy atom. The smallest absolute Gasteiger partial charge is 0.326 e. The molecule has 1 aliphatic rings. The quantitative estimate of drug-likeness (QED) is 0.184. The van der Waals surface area contributed by atoms with Gasteiger partial charge in [-0.05, 0) is 36.1 Å². The van der Waals surface area contributed by atoms with Crippen molar-refractivity contribution in [3.63, 3.8) is 0 Å². The minimum absolute atomic E-state index is 0.0372. The molecule has 1 aromatic heterocycles. The average Bonchev–Trinajstić information content (AvgIpc) is 3.66. The van der Waals surface area contributed by atoms with Gasteiger partial charge in [0, 0.05) is 37.7 Å². The molecule has 0 saturated carbocycles. The summed E-state index contributed by atoms with van der Waals surface area (Å²) in [5.41, 5.74) is 8.21. The van der Waals surface area contributed by atoms with E-state index in [2.05, 4.69) is 20.6 Å². The fraction of sp³-hybridized carbons (Fsp3) is 0.345. The molecular weight excluding hydrogens is 528 g/mol. The third-order valence-electron chi connectivity index (χ3n) is 7.06. The van der Waals surface area contributed by atoms with E-state index in [0.717, 1.165) is 5.56 Å². The van der Waals surface area contributed by atoms with E-state index >= 15 is 0 Å². The molecule has 0 bridgehead atoms. The number of phenols is 1. The zero-order valence-electron chi connectivity index (χ0n) is 22.4. The lowest BCUT2D eigenvalue weighted by atomic mass is 10.0. The number of H-pyrrole nitrogens is 1. The normalized spacial score (nSPS) is 16.9. The molecule has 1 saturated heterocycles. The van der Waals surface area contributed by atoms with Crippen molar-refractivity contribution < 1.29 is 29.4 Å². The number of aromatic hydroxyl groups is 1. The minimum Gasteiger partial charge on any atom is -0.508 e. The summed E-state index contributed by atoms with van der Waals surface area (Å²) < 4.78 is 0. The Morgan fingerprint density at radius 3 is 2.32 bits per heavy atom. The summed E-state index contributed by atoms with van der Waals surface area (Å²) in [5, 5.41) is 24.7. The monoisotopic (exact) mass is 562 g/mol. The topological polar surface area (TPSA) is 191 Å². The van der Waals surface area contributed by atoms with Crippen molar-refractivity contribution in [2.45, 2.75) is 56.3 Å². The van der Waals surface area contributed by atoms with Crippen LogP contribution >= 0.6 is 0 Å². The lowest BCUT2D eigenvalue weighted by Gasteiger charge is -2.28. The molecule has 1 aliphatic heterocycles. The number of aliphatic carboxylic acids is 1. The number of nitrogens with zero attached hydrogens (tertiary/aromatic N) is 2. The van der Waals surface area contributed by atoms with Crippen LogP contribution in [0.1, 0.15) is 29.7 Å². The van der Waals surface area contributed by atoms with Crippen molar-refractivity contribution in [3.05, 3.63) is 83.9 Å². The zero-order valence-corrected chi connectivity index (χ0v) is 22.4. The number of rotatable bonds is 12. The van der Waals surface area contributed by atoms with Gasteiger partial charge >= 0.3 is 5.97 Å². The second kappa shape index (κ2) is 13.6. The predicted octanol–water partition coefficient (Wildman–Crippen LogP) is 0.516. The molecule has 0 radical (unpaired) electrons. The molecular formula is C29H34N6O6. The van der Waals surface area contributed by atoms with E-state index in [1.807, 2.05) is 6.07 Å². The second-order valence-corrected chi connectivity index (χ2v) is 10.1. The Hall–Kier alpha value is -4.71. The molecule has 4 unspecified atom stereocenters. The van der Waals surface area contributed by atoms with Gasteiger partial charge in [0.2, 0.25) is 17.7 Å². The van der Waals surface area contributed by atoms with E-state index in [1.54, 1.807) is 42.6 Å². The third kappa shape index (κ3) is 7.92. The van der Waals surface area contributed by atoms with Crippen LogP contribution < -0.4 is 16.4 Å². The van der Waals surface area contributed by atoms with Crippen molar-refractivity contribution in [1.29, 1.82) is 0 Å². The first-order valence-electron chi connectivity index (χ1n) is 13.4. The number of carboxylic acid groups (broad SMARTS) is 1. The van der Waals surface area contributed by atoms with Gasteiger partial charge in [-0.1, -0.05) is 42.5 Å². The fourth-order valence-electron chi connectivity index (χ4n) is 4.90. The van der Waals surface area contributed by atoms with E-state index < -0.39 is 42.0 Å². The maximum Gasteiger partial charge on any atom is 0.326 e. The summed E-state index contributed by atoms with van der Waals surface area (Å²) in [7, 11) is 0. The van der Waals surface area contributed by atoms with Gasteiger partial charge in [-0.2, -0.15) is 0 Å². The summed E-state index contributed by atoms with van der Waals surface area (Å²) in [4.78, 5) is 60.3. The number of hydrogen-bond acceptors (Lipinski definition) is 7. The van der Waals surface area contributed by atoms with Crippen LogP contribution in [-0.4, -0.2) is 79.5 Å². The van der Waals surface area contributed by atoms with Crippen molar-refractivity contribution in [2.75, 3.05) is 6.54 Å². The van der Waals surface area contributed by atoms with Gasteiger partial charge < -0.3 is 36.5 Å². The predicted molar refractivity (Wildman–Crippen MR) is 148 cm³/mol. The first kappa shape index (κ1) is 29.3. The standard InChI is InChI=1S/C29H34N6O6/c30-22(15-20-16-31-17-32-20)28(39)35-12-4-7-25(35)27(38)33-23(13-19-8-10-21(36)11-9-19)26(37)34-24(29(40)41)14-18-5-2-1-3-6-18/h1-3,5-6,8-11,16-17,22-25,36H,4,7,12-15,30H2,(H,31,32)(H,33,38)(H,34,37)(H,40,41). The number of carbonyl (C=O) groups is 4. The largest absolute Gasteiger partial charge is 0.508 e. The highest BCUT2D eigenvalue weighted by molar-refractivity contribution is 5.94. The Balaban J connectivity index is 1.48. The minimum atomic E-state index is -1.23. The Kier molecular flexibility index (Phi) is 9.69. The lowest BCUT2D eigenvalue weighted by molar-refractivity contribution is -0.143. The van der Waals surface area contributed by atoms with Crippen LogP contribution in [0.2, 0.25) is 0 Å². The number of nitrogens with two attached hydrogens (primary N) is 1. The van der Waals surface area contributed by atoms with E-state index in [1.165, 1.54) is 23.4 Å². The van der Waals surface area contributed by atoms with E-state index in [4.69, 9.17) is 5.73 Å². The van der Waals surface area contributed by atoms with Crippen molar-refractivity contribution in [2.24, 2.45) is 5.73 Å². The molecule has 0 spiro atoms. The van der Waals surface area contributed by atoms with Crippen LogP contribution in [0.15, 0.2) is 67.1 Å². The van der Waals surface area contributed by atoms with Gasteiger partial charge in [0.05, 0.1) is 12.4 Å². The number of hydrogen-bond donors (Lipinski definition) is 6. The maximum absolute atomic E-state index is 13.5. The van der Waals surface area contributed by atoms with Crippen LogP contribution in [-0.2, 0) is 38.4 Å². The van der Waals surface area contributed by atoms with Crippen LogP contribution in [0.5, 0.6) is 5.75 Å². The van der Waals surface area contributed by atoms with Gasteiger partial charge in [0.15, 0.2) is 0 Å². The van der Waals surface area contributed by atoms with E-state index in [0.29, 0.717) is 30.6 Å². The molecule has 7 N–H and O–H groups in total. The lowest BCUT2D eigenvalue weighted by Crippen LogP contribution is -2.57. The first-order chi connectivity index (χ1) is 19.7. The number of aromatic amines is 1. The molecule has 12 heteroatoms. The van der Waals surface area contributed by atoms with Crippen molar-refractivity contribution >= 4 is 23.7 Å². The van der Waals surface area contributed by atoms with Crippen molar-refractivity contribution in [1.82, 2.24) is 25.5 Å². The number of phenolic OH excluding ortho intramolecular Hbond substituents is 1. The second-order valence-electron chi connectivity index (χ2n) is 10.1. The van der Waals surface area contributed by atoms with Crippen LogP contribution in [0.25, 0.3) is 0 Å². The first-order valence-corrected chi connectivity index (χ1v) is 13.4.